The highest BCUT2D eigenvalue weighted by atomic mass is 79.9. The van der Waals surface area contributed by atoms with Crippen LogP contribution >= 0.6 is 15.9 Å². The van der Waals surface area contributed by atoms with Gasteiger partial charge in [-0.15, -0.1) is 0 Å². The number of aromatic nitrogens is 2. The minimum Gasteiger partial charge on any atom is -0.347 e. The van der Waals surface area contributed by atoms with E-state index in [0.29, 0.717) is 15.1 Å². The lowest BCUT2D eigenvalue weighted by Crippen LogP contribution is -2.31. The zero-order valence-electron chi connectivity index (χ0n) is 14.5. The summed E-state index contributed by atoms with van der Waals surface area (Å²) in [6, 6.07) is 3.53. The van der Waals surface area contributed by atoms with Gasteiger partial charge in [-0.3, -0.25) is 18.8 Å². The topological polar surface area (TPSA) is 81.1 Å². The Morgan fingerprint density at radius 1 is 1.40 bits per heavy atom. The summed E-state index contributed by atoms with van der Waals surface area (Å²) < 4.78 is 13.6. The predicted octanol–water partition coefficient (Wildman–Crippen LogP) is 2.56. The fraction of sp³-hybridized carbons (Fsp3) is 0.353. The lowest BCUT2D eigenvalue weighted by atomic mass is 10.2. The van der Waals surface area contributed by atoms with Crippen LogP contribution in [0.3, 0.4) is 0 Å². The second-order valence-corrected chi connectivity index (χ2v) is 8.07. The van der Waals surface area contributed by atoms with Gasteiger partial charge in [0.2, 0.25) is 5.43 Å². The standard InChI is InChI=1S/C17H20BrN3O3S/c1-10(2)21-9-14(16(22)15(18)11(21)3)17(23)20-7-12-5-6-13(8-19-12)25(4)24/h5-6,8-10H,7H2,1-4H3,(H,20,23). The molecule has 1 atom stereocenters. The molecule has 0 spiro atoms. The van der Waals surface area contributed by atoms with E-state index in [1.807, 2.05) is 25.3 Å². The molecule has 1 unspecified atom stereocenters. The summed E-state index contributed by atoms with van der Waals surface area (Å²) >= 11 is 3.28. The van der Waals surface area contributed by atoms with Crippen molar-refractivity contribution in [3.8, 4) is 0 Å². The lowest BCUT2D eigenvalue weighted by molar-refractivity contribution is 0.0948. The second-order valence-electron chi connectivity index (χ2n) is 5.89. The molecule has 0 bridgehead atoms. The zero-order valence-corrected chi connectivity index (χ0v) is 16.9. The summed E-state index contributed by atoms with van der Waals surface area (Å²) in [4.78, 5) is 29.6. The van der Waals surface area contributed by atoms with E-state index in [-0.39, 0.29) is 23.6 Å². The highest BCUT2D eigenvalue weighted by molar-refractivity contribution is 9.10. The molecular formula is C17H20BrN3O3S. The van der Waals surface area contributed by atoms with Gasteiger partial charge in [-0.25, -0.2) is 0 Å². The van der Waals surface area contributed by atoms with Crippen LogP contribution in [0.4, 0.5) is 0 Å². The van der Waals surface area contributed by atoms with Crippen LogP contribution in [0.1, 0.15) is 41.6 Å². The lowest BCUT2D eigenvalue weighted by Gasteiger charge is -2.17. The minimum absolute atomic E-state index is 0.0810. The summed E-state index contributed by atoms with van der Waals surface area (Å²) in [5, 5.41) is 2.71. The molecule has 0 saturated carbocycles. The molecule has 2 aromatic rings. The molecule has 8 heteroatoms. The molecular weight excluding hydrogens is 406 g/mol. The first-order valence-corrected chi connectivity index (χ1v) is 10.0. The summed E-state index contributed by atoms with van der Waals surface area (Å²) in [5.41, 5.74) is 1.15. The zero-order chi connectivity index (χ0) is 18.7. The molecule has 134 valence electrons. The Balaban J connectivity index is 2.21. The largest absolute Gasteiger partial charge is 0.347 e. The fourth-order valence-electron chi connectivity index (χ4n) is 2.34. The molecule has 0 aliphatic rings. The molecule has 1 N–H and O–H groups in total. The van der Waals surface area contributed by atoms with Gasteiger partial charge in [-0.2, -0.15) is 0 Å². The van der Waals surface area contributed by atoms with Gasteiger partial charge >= 0.3 is 0 Å². The van der Waals surface area contributed by atoms with Crippen LogP contribution in [0.5, 0.6) is 0 Å². The molecule has 0 aliphatic heterocycles. The second kappa shape index (κ2) is 8.05. The SMILES string of the molecule is Cc1c(Br)c(=O)c(C(=O)NCc2ccc(S(C)=O)cn2)cn1C(C)C. The van der Waals surface area contributed by atoms with E-state index in [0.717, 1.165) is 5.69 Å². The molecule has 2 aromatic heterocycles. The van der Waals surface area contributed by atoms with E-state index in [2.05, 4.69) is 26.2 Å². The highest BCUT2D eigenvalue weighted by Gasteiger charge is 2.17. The first-order valence-electron chi connectivity index (χ1n) is 7.70. The Kier molecular flexibility index (Phi) is 6.29. The van der Waals surface area contributed by atoms with E-state index in [4.69, 9.17) is 0 Å². The van der Waals surface area contributed by atoms with E-state index < -0.39 is 16.7 Å². The van der Waals surface area contributed by atoms with Crippen molar-refractivity contribution < 1.29 is 9.00 Å². The smallest absolute Gasteiger partial charge is 0.257 e. The Morgan fingerprint density at radius 3 is 2.60 bits per heavy atom. The van der Waals surface area contributed by atoms with Gasteiger partial charge in [-0.05, 0) is 48.8 Å². The number of amides is 1. The van der Waals surface area contributed by atoms with Gasteiger partial charge in [0.25, 0.3) is 5.91 Å². The van der Waals surface area contributed by atoms with Gasteiger partial charge in [-0.1, -0.05) is 0 Å². The molecule has 2 heterocycles. The third kappa shape index (κ3) is 4.43. The number of carbonyl (C=O) groups excluding carboxylic acids is 1. The van der Waals surface area contributed by atoms with Gasteiger partial charge in [0.15, 0.2) is 0 Å². The maximum absolute atomic E-state index is 12.4. The Hall–Kier alpha value is -1.80. The summed E-state index contributed by atoms with van der Waals surface area (Å²) in [6.45, 7) is 5.97. The van der Waals surface area contributed by atoms with Gasteiger partial charge in [0, 0.05) is 30.4 Å². The van der Waals surface area contributed by atoms with Crippen molar-refractivity contribution >= 4 is 32.6 Å². The molecule has 6 nitrogen and oxygen atoms in total. The molecule has 0 fully saturated rings. The Bertz CT molecular complexity index is 876. The van der Waals surface area contributed by atoms with E-state index in [1.54, 1.807) is 24.6 Å². The maximum atomic E-state index is 12.4. The van der Waals surface area contributed by atoms with Crippen molar-refractivity contribution in [3.05, 3.63) is 56.2 Å². The van der Waals surface area contributed by atoms with Crippen LogP contribution in [-0.4, -0.2) is 25.9 Å². The van der Waals surface area contributed by atoms with Crippen LogP contribution in [-0.2, 0) is 17.3 Å². The molecule has 25 heavy (non-hydrogen) atoms. The first kappa shape index (κ1) is 19.5. The van der Waals surface area contributed by atoms with Crippen LogP contribution in [0.2, 0.25) is 0 Å². The maximum Gasteiger partial charge on any atom is 0.257 e. The number of nitrogens with zero attached hydrogens (tertiary/aromatic N) is 2. The minimum atomic E-state index is -1.09. The molecule has 2 rings (SSSR count). The highest BCUT2D eigenvalue weighted by Crippen LogP contribution is 2.17. The average molecular weight is 426 g/mol. The van der Waals surface area contributed by atoms with E-state index >= 15 is 0 Å². The average Bonchev–Trinajstić information content (AvgIpc) is 2.57. The van der Waals surface area contributed by atoms with E-state index in [1.165, 1.54) is 6.20 Å². The molecule has 0 aromatic carbocycles. The Morgan fingerprint density at radius 2 is 2.08 bits per heavy atom. The first-order chi connectivity index (χ1) is 11.7. The van der Waals surface area contributed by atoms with Gasteiger partial charge in [0.05, 0.1) is 32.4 Å². The van der Waals surface area contributed by atoms with Crippen LogP contribution in [0.25, 0.3) is 0 Å². The molecule has 0 aliphatic carbocycles. The Labute approximate surface area is 157 Å². The number of carbonyl (C=O) groups is 1. The van der Waals surface area contributed by atoms with E-state index in [9.17, 15) is 13.8 Å². The third-order valence-corrected chi connectivity index (χ3v) is 5.62. The van der Waals surface area contributed by atoms with Crippen LogP contribution in [0, 0.1) is 6.92 Å². The number of halogens is 1. The third-order valence-electron chi connectivity index (χ3n) is 3.78. The van der Waals surface area contributed by atoms with Gasteiger partial charge in [0.1, 0.15) is 5.56 Å². The van der Waals surface area contributed by atoms with Crippen molar-refractivity contribution in [1.29, 1.82) is 0 Å². The summed E-state index contributed by atoms with van der Waals surface area (Å²) in [5.74, 6) is -0.454. The molecule has 0 saturated heterocycles. The van der Waals surface area contributed by atoms with Crippen molar-refractivity contribution in [1.82, 2.24) is 14.9 Å². The van der Waals surface area contributed by atoms with Gasteiger partial charge < -0.3 is 9.88 Å². The van der Waals surface area contributed by atoms with Crippen molar-refractivity contribution in [2.75, 3.05) is 6.26 Å². The quantitative estimate of drug-likeness (QED) is 0.797. The number of rotatable bonds is 5. The molecule has 1 amide bonds. The van der Waals surface area contributed by atoms with Crippen LogP contribution < -0.4 is 10.7 Å². The predicted molar refractivity (Wildman–Crippen MR) is 101 cm³/mol. The fourth-order valence-corrected chi connectivity index (χ4v) is 3.22. The number of hydrogen-bond donors (Lipinski definition) is 1. The monoisotopic (exact) mass is 425 g/mol. The summed E-state index contributed by atoms with van der Waals surface area (Å²) in [6.07, 6.45) is 4.68. The molecule has 0 radical (unpaired) electrons. The van der Waals surface area contributed by atoms with Crippen molar-refractivity contribution in [2.45, 2.75) is 38.3 Å². The number of hydrogen-bond acceptors (Lipinski definition) is 4. The number of pyridine rings is 2. The summed E-state index contributed by atoms with van der Waals surface area (Å²) in [7, 11) is -1.09. The van der Waals surface area contributed by atoms with Crippen molar-refractivity contribution in [3.63, 3.8) is 0 Å². The normalized spacial score (nSPS) is 12.2. The van der Waals surface area contributed by atoms with Crippen LogP contribution in [0.15, 0.2) is 38.7 Å². The number of nitrogens with one attached hydrogen (secondary N) is 1. The van der Waals surface area contributed by atoms with Crippen molar-refractivity contribution in [2.24, 2.45) is 0 Å².